The van der Waals surface area contributed by atoms with Crippen LogP contribution in [-0.4, -0.2) is 20.4 Å². The van der Waals surface area contributed by atoms with Crippen molar-refractivity contribution in [3.05, 3.63) is 94.5 Å². The summed E-state index contributed by atoms with van der Waals surface area (Å²) in [5, 5.41) is 2.84. The maximum atomic E-state index is 13.0. The Bertz CT molecular complexity index is 1080. The number of carbonyl (C=O) groups is 1. The van der Waals surface area contributed by atoms with Crippen molar-refractivity contribution in [1.29, 1.82) is 0 Å². The molecule has 0 radical (unpaired) electrons. The molecule has 150 valence electrons. The molecule has 0 unspecified atom stereocenters. The Morgan fingerprint density at radius 3 is 2.21 bits per heavy atom. The summed E-state index contributed by atoms with van der Waals surface area (Å²) in [6.07, 6.45) is 0.230. The highest BCUT2D eigenvalue weighted by atomic mass is 79.9. The van der Waals surface area contributed by atoms with E-state index in [1.165, 1.54) is 12.1 Å². The van der Waals surface area contributed by atoms with E-state index in [1.807, 2.05) is 55.5 Å². The summed E-state index contributed by atoms with van der Waals surface area (Å²) in [6.45, 7) is 1.88. The van der Waals surface area contributed by atoms with Crippen molar-refractivity contribution < 1.29 is 13.2 Å². The first-order valence-corrected chi connectivity index (χ1v) is 11.3. The molecule has 3 aromatic rings. The number of hydrogen-bond donors (Lipinski definition) is 2. The molecule has 0 aliphatic carbocycles. The predicted molar refractivity (Wildman–Crippen MR) is 118 cm³/mol. The molecule has 0 bridgehead atoms. The summed E-state index contributed by atoms with van der Waals surface area (Å²) >= 11 is 3.29. The van der Waals surface area contributed by atoms with E-state index in [1.54, 1.807) is 18.2 Å². The second-order valence-electron chi connectivity index (χ2n) is 6.62. The minimum absolute atomic E-state index is 0.0995. The number of para-hydroxylation sites is 1. The molecule has 0 aliphatic rings. The molecule has 29 heavy (non-hydrogen) atoms. The van der Waals surface area contributed by atoms with Crippen LogP contribution in [0.4, 0.5) is 5.69 Å². The SMILES string of the molecule is Cc1ccccc1NC(=O)[C@H](Cc1ccccc1)NS(=O)(=O)c1ccc(Br)cc1. The lowest BCUT2D eigenvalue weighted by atomic mass is 10.1. The predicted octanol–water partition coefficient (Wildman–Crippen LogP) is 4.29. The fourth-order valence-electron chi connectivity index (χ4n) is 2.84. The molecule has 0 saturated carbocycles. The quantitative estimate of drug-likeness (QED) is 0.538. The standard InChI is InChI=1S/C22H21BrN2O3S/c1-16-7-5-6-10-20(16)24-22(26)21(15-17-8-3-2-4-9-17)25-29(27,28)19-13-11-18(23)12-14-19/h2-14,21,25H,15H2,1H3,(H,24,26)/t21-/m0/s1. The lowest BCUT2D eigenvalue weighted by Crippen LogP contribution is -2.45. The van der Waals surface area contributed by atoms with Gasteiger partial charge in [-0.3, -0.25) is 4.79 Å². The number of hydrogen-bond acceptors (Lipinski definition) is 3. The molecular weight excluding hydrogens is 452 g/mol. The maximum Gasteiger partial charge on any atom is 0.242 e. The summed E-state index contributed by atoms with van der Waals surface area (Å²) in [5.41, 5.74) is 2.41. The van der Waals surface area contributed by atoms with Gasteiger partial charge in [0.1, 0.15) is 6.04 Å². The normalized spacial score (nSPS) is 12.3. The number of aryl methyl sites for hydroxylation is 1. The van der Waals surface area contributed by atoms with Gasteiger partial charge in [0.25, 0.3) is 0 Å². The molecule has 7 heteroatoms. The van der Waals surface area contributed by atoms with E-state index < -0.39 is 22.0 Å². The number of halogens is 1. The van der Waals surface area contributed by atoms with Crippen molar-refractivity contribution >= 4 is 37.5 Å². The lowest BCUT2D eigenvalue weighted by molar-refractivity contribution is -0.117. The molecule has 0 heterocycles. The molecule has 1 atom stereocenters. The van der Waals surface area contributed by atoms with E-state index in [2.05, 4.69) is 26.0 Å². The summed E-state index contributed by atoms with van der Waals surface area (Å²) in [4.78, 5) is 13.1. The Hall–Kier alpha value is -2.48. The number of nitrogens with one attached hydrogen (secondary N) is 2. The van der Waals surface area contributed by atoms with Crippen LogP contribution in [0.3, 0.4) is 0 Å². The Morgan fingerprint density at radius 1 is 0.931 bits per heavy atom. The van der Waals surface area contributed by atoms with Crippen LogP contribution in [0.25, 0.3) is 0 Å². The van der Waals surface area contributed by atoms with Crippen molar-refractivity contribution in [2.45, 2.75) is 24.3 Å². The highest BCUT2D eigenvalue weighted by Crippen LogP contribution is 2.17. The van der Waals surface area contributed by atoms with Gasteiger partial charge in [-0.05, 0) is 54.8 Å². The van der Waals surface area contributed by atoms with Gasteiger partial charge in [-0.25, -0.2) is 8.42 Å². The van der Waals surface area contributed by atoms with Crippen molar-refractivity contribution in [3.63, 3.8) is 0 Å². The second kappa shape index (κ2) is 9.35. The van der Waals surface area contributed by atoms with Gasteiger partial charge in [0, 0.05) is 10.2 Å². The van der Waals surface area contributed by atoms with E-state index in [4.69, 9.17) is 0 Å². The van der Waals surface area contributed by atoms with Crippen molar-refractivity contribution in [3.8, 4) is 0 Å². The zero-order valence-electron chi connectivity index (χ0n) is 15.8. The number of sulfonamides is 1. The second-order valence-corrected chi connectivity index (χ2v) is 9.25. The number of anilines is 1. The number of rotatable bonds is 7. The third kappa shape index (κ3) is 5.76. The lowest BCUT2D eigenvalue weighted by Gasteiger charge is -2.19. The summed E-state index contributed by atoms with van der Waals surface area (Å²) in [5.74, 6) is -0.413. The van der Waals surface area contributed by atoms with E-state index in [-0.39, 0.29) is 11.3 Å². The Labute approximate surface area is 179 Å². The molecular formula is C22H21BrN2O3S. The molecule has 5 nitrogen and oxygen atoms in total. The Kier molecular flexibility index (Phi) is 6.84. The highest BCUT2D eigenvalue weighted by molar-refractivity contribution is 9.10. The largest absolute Gasteiger partial charge is 0.324 e. The molecule has 0 saturated heterocycles. The molecule has 0 aliphatic heterocycles. The number of amides is 1. The first kappa shape index (κ1) is 21.2. The van der Waals surface area contributed by atoms with Crippen molar-refractivity contribution in [1.82, 2.24) is 4.72 Å². The number of carbonyl (C=O) groups excluding carboxylic acids is 1. The van der Waals surface area contributed by atoms with E-state index in [0.717, 1.165) is 15.6 Å². The average molecular weight is 473 g/mol. The van der Waals surface area contributed by atoms with Crippen LogP contribution in [0.1, 0.15) is 11.1 Å². The van der Waals surface area contributed by atoms with Gasteiger partial charge in [0.05, 0.1) is 4.90 Å². The van der Waals surface area contributed by atoms with Gasteiger partial charge in [0.15, 0.2) is 0 Å². The molecule has 0 spiro atoms. The zero-order chi connectivity index (χ0) is 20.9. The maximum absolute atomic E-state index is 13.0. The van der Waals surface area contributed by atoms with Gasteiger partial charge < -0.3 is 5.32 Å². The van der Waals surface area contributed by atoms with Crippen molar-refractivity contribution in [2.24, 2.45) is 0 Å². The van der Waals surface area contributed by atoms with Gasteiger partial charge in [-0.2, -0.15) is 4.72 Å². The van der Waals surface area contributed by atoms with Crippen LogP contribution in [0.15, 0.2) is 88.2 Å². The molecule has 3 aromatic carbocycles. The van der Waals surface area contributed by atoms with Crippen LogP contribution >= 0.6 is 15.9 Å². The van der Waals surface area contributed by atoms with Crippen LogP contribution in [0.2, 0.25) is 0 Å². The Morgan fingerprint density at radius 2 is 1.55 bits per heavy atom. The highest BCUT2D eigenvalue weighted by Gasteiger charge is 2.26. The molecule has 1 amide bonds. The van der Waals surface area contributed by atoms with E-state index in [9.17, 15) is 13.2 Å². The summed E-state index contributed by atoms with van der Waals surface area (Å²) < 4.78 is 29.1. The van der Waals surface area contributed by atoms with E-state index in [0.29, 0.717) is 5.69 Å². The average Bonchev–Trinajstić information content (AvgIpc) is 2.70. The van der Waals surface area contributed by atoms with Crippen LogP contribution in [-0.2, 0) is 21.2 Å². The van der Waals surface area contributed by atoms with E-state index >= 15 is 0 Å². The van der Waals surface area contributed by atoms with Gasteiger partial charge in [-0.15, -0.1) is 0 Å². The van der Waals surface area contributed by atoms with Gasteiger partial charge in [0.2, 0.25) is 15.9 Å². The van der Waals surface area contributed by atoms with Crippen LogP contribution < -0.4 is 10.0 Å². The molecule has 0 fully saturated rings. The molecule has 2 N–H and O–H groups in total. The topological polar surface area (TPSA) is 75.3 Å². The monoisotopic (exact) mass is 472 g/mol. The fraction of sp³-hybridized carbons (Fsp3) is 0.136. The summed E-state index contributed by atoms with van der Waals surface area (Å²) in [6, 6.07) is 22.0. The number of benzene rings is 3. The van der Waals surface area contributed by atoms with Crippen LogP contribution in [0.5, 0.6) is 0 Å². The molecule has 0 aromatic heterocycles. The molecule has 3 rings (SSSR count). The Balaban J connectivity index is 1.87. The minimum Gasteiger partial charge on any atom is -0.324 e. The first-order chi connectivity index (χ1) is 13.8. The summed E-state index contributed by atoms with van der Waals surface area (Å²) in [7, 11) is -3.88. The van der Waals surface area contributed by atoms with Crippen molar-refractivity contribution in [2.75, 3.05) is 5.32 Å². The smallest absolute Gasteiger partial charge is 0.242 e. The van der Waals surface area contributed by atoms with Gasteiger partial charge >= 0.3 is 0 Å². The first-order valence-electron chi connectivity index (χ1n) is 9.03. The zero-order valence-corrected chi connectivity index (χ0v) is 18.2. The third-order valence-electron chi connectivity index (χ3n) is 4.42. The minimum atomic E-state index is -3.88. The fourth-order valence-corrected chi connectivity index (χ4v) is 4.30. The third-order valence-corrected chi connectivity index (χ3v) is 6.44. The van der Waals surface area contributed by atoms with Crippen LogP contribution in [0, 0.1) is 6.92 Å². The van der Waals surface area contributed by atoms with Gasteiger partial charge in [-0.1, -0.05) is 64.5 Å².